The van der Waals surface area contributed by atoms with Gasteiger partial charge >= 0.3 is 0 Å². The number of pyridine rings is 2. The number of benzene rings is 1. The smallest absolute Gasteiger partial charge is 0.256 e. The van der Waals surface area contributed by atoms with Crippen LogP contribution in [0, 0.1) is 11.3 Å². The number of rotatable bonds is 9. The lowest BCUT2D eigenvalue weighted by molar-refractivity contribution is -0.146. The second-order valence-electron chi connectivity index (χ2n) is 9.66. The van der Waals surface area contributed by atoms with Gasteiger partial charge in [0.05, 0.1) is 41.3 Å². The Morgan fingerprint density at radius 3 is 2.70 bits per heavy atom. The van der Waals surface area contributed by atoms with Crippen LogP contribution >= 0.6 is 0 Å². The third-order valence-electron chi connectivity index (χ3n) is 7.12. The molecule has 1 unspecified atom stereocenters. The van der Waals surface area contributed by atoms with Gasteiger partial charge in [-0.05, 0) is 24.6 Å². The lowest BCUT2D eigenvalue weighted by atomic mass is 10.0. The second kappa shape index (κ2) is 12.3. The molecule has 4 heterocycles. The highest BCUT2D eigenvalue weighted by Gasteiger charge is 2.34. The predicted molar refractivity (Wildman–Crippen MR) is 149 cm³/mol. The number of amides is 1. The molecule has 1 aliphatic heterocycles. The summed E-state index contributed by atoms with van der Waals surface area (Å²) < 4.78 is 18.5. The summed E-state index contributed by atoms with van der Waals surface area (Å²) >= 11 is 0. The molecule has 10 heteroatoms. The molecule has 1 aromatic carbocycles. The summed E-state index contributed by atoms with van der Waals surface area (Å²) in [5.41, 5.74) is 4.28. The summed E-state index contributed by atoms with van der Waals surface area (Å²) in [4.78, 5) is 20.3. The molecule has 3 atom stereocenters. The first-order valence-electron chi connectivity index (χ1n) is 13.2. The number of fused-ring (bicyclic) bond motifs is 1. The molecule has 1 N–H and O–H groups in total. The van der Waals surface area contributed by atoms with Crippen molar-refractivity contribution in [2.45, 2.75) is 25.2 Å². The number of ether oxygens (including phenoxy) is 3. The number of nitrogens with zero attached hydrogens (tertiary/aromatic N) is 5. The standard InChI is InChI=1S/C30H32N6O4/c1-20(38-2)19-40-24-13-25(28-23(14-31)16-34-36(28)18-24)22-9-10-26(33-15-22)27-17-32-11-12-35(27)30(37)29(39-3)21-7-5-4-6-8-21/h4-10,13,15-16,18,20,27,29,32H,11-12,17,19H2,1-3H3/t20-,27?,29+/m0/s1. The normalized spacial score (nSPS) is 16.9. The molecule has 4 aromatic rings. The van der Waals surface area contributed by atoms with Crippen LogP contribution in [0.15, 0.2) is 67.1 Å². The highest BCUT2D eigenvalue weighted by atomic mass is 16.5. The molecule has 10 nitrogen and oxygen atoms in total. The maximum absolute atomic E-state index is 13.6. The van der Waals surface area contributed by atoms with Crippen LogP contribution in [0.5, 0.6) is 5.75 Å². The van der Waals surface area contributed by atoms with Crippen LogP contribution in [-0.2, 0) is 14.3 Å². The fraction of sp³-hybridized carbons (Fsp3) is 0.333. The Morgan fingerprint density at radius 2 is 2.00 bits per heavy atom. The molecule has 0 spiro atoms. The van der Waals surface area contributed by atoms with Gasteiger partial charge in [-0.3, -0.25) is 9.78 Å². The largest absolute Gasteiger partial charge is 0.489 e. The fourth-order valence-corrected chi connectivity index (χ4v) is 4.91. The number of nitriles is 1. The number of hydrogen-bond acceptors (Lipinski definition) is 8. The number of nitrogens with one attached hydrogen (secondary N) is 1. The minimum Gasteiger partial charge on any atom is -0.489 e. The van der Waals surface area contributed by atoms with E-state index in [2.05, 4.69) is 16.5 Å². The van der Waals surface area contributed by atoms with E-state index < -0.39 is 6.10 Å². The first kappa shape index (κ1) is 27.3. The number of carbonyl (C=O) groups is 1. The fourth-order valence-electron chi connectivity index (χ4n) is 4.91. The van der Waals surface area contributed by atoms with Crippen molar-refractivity contribution in [1.82, 2.24) is 24.8 Å². The average molecular weight is 541 g/mol. The van der Waals surface area contributed by atoms with Crippen LogP contribution in [-0.4, -0.2) is 72.0 Å². The highest BCUT2D eigenvalue weighted by Crippen LogP contribution is 2.32. The van der Waals surface area contributed by atoms with Crippen LogP contribution in [0.2, 0.25) is 0 Å². The van der Waals surface area contributed by atoms with Gasteiger partial charge in [-0.2, -0.15) is 10.4 Å². The molecule has 0 bridgehead atoms. The van der Waals surface area contributed by atoms with Crippen molar-refractivity contribution in [2.75, 3.05) is 40.5 Å². The van der Waals surface area contributed by atoms with Crippen molar-refractivity contribution < 1.29 is 19.0 Å². The Bertz CT molecular complexity index is 1500. The Morgan fingerprint density at radius 1 is 1.18 bits per heavy atom. The minimum absolute atomic E-state index is 0.0817. The van der Waals surface area contributed by atoms with Gasteiger partial charge in [-0.1, -0.05) is 36.4 Å². The zero-order valence-electron chi connectivity index (χ0n) is 22.8. The summed E-state index contributed by atoms with van der Waals surface area (Å²) in [5, 5.41) is 17.4. The van der Waals surface area contributed by atoms with E-state index in [1.165, 1.54) is 0 Å². The van der Waals surface area contributed by atoms with Crippen LogP contribution in [0.1, 0.15) is 35.9 Å². The second-order valence-corrected chi connectivity index (χ2v) is 9.66. The van der Waals surface area contributed by atoms with Gasteiger partial charge in [0.25, 0.3) is 5.91 Å². The van der Waals surface area contributed by atoms with E-state index in [4.69, 9.17) is 19.2 Å². The van der Waals surface area contributed by atoms with Crippen molar-refractivity contribution in [1.29, 1.82) is 5.26 Å². The number of aromatic nitrogens is 3. The number of hydrogen-bond donors (Lipinski definition) is 1. The van der Waals surface area contributed by atoms with Crippen LogP contribution in [0.3, 0.4) is 0 Å². The number of carbonyl (C=O) groups excluding carboxylic acids is 1. The molecule has 0 aliphatic carbocycles. The van der Waals surface area contributed by atoms with Crippen LogP contribution < -0.4 is 10.1 Å². The maximum Gasteiger partial charge on any atom is 0.256 e. The van der Waals surface area contributed by atoms with Crippen molar-refractivity contribution in [2.24, 2.45) is 0 Å². The Labute approximate surface area is 233 Å². The quantitative estimate of drug-likeness (QED) is 0.343. The van der Waals surface area contributed by atoms with Crippen LogP contribution in [0.25, 0.3) is 16.6 Å². The van der Waals surface area contributed by atoms with E-state index in [1.807, 2.05) is 60.4 Å². The molecule has 206 valence electrons. The minimum atomic E-state index is -0.691. The molecule has 1 fully saturated rings. The van der Waals surface area contributed by atoms with E-state index in [9.17, 15) is 10.1 Å². The SMILES string of the molecule is CO[C@@H](C)COc1cc(-c2ccc(C3CNCCN3C(=O)[C@H](OC)c3ccccc3)nc2)c2c(C#N)cnn2c1. The van der Waals surface area contributed by atoms with Crippen molar-refractivity contribution in [3.63, 3.8) is 0 Å². The van der Waals surface area contributed by atoms with E-state index in [-0.39, 0.29) is 18.1 Å². The van der Waals surface area contributed by atoms with Gasteiger partial charge in [0, 0.05) is 51.2 Å². The van der Waals surface area contributed by atoms with Gasteiger partial charge in [0.2, 0.25) is 0 Å². The van der Waals surface area contributed by atoms with Crippen molar-refractivity contribution >= 4 is 11.4 Å². The molecule has 40 heavy (non-hydrogen) atoms. The van der Waals surface area contributed by atoms with E-state index in [0.29, 0.717) is 43.1 Å². The van der Waals surface area contributed by atoms with Crippen molar-refractivity contribution in [3.05, 3.63) is 83.9 Å². The highest BCUT2D eigenvalue weighted by molar-refractivity contribution is 5.85. The Balaban J connectivity index is 1.45. The molecule has 1 amide bonds. The van der Waals surface area contributed by atoms with E-state index >= 15 is 0 Å². The summed E-state index contributed by atoms with van der Waals surface area (Å²) in [5.74, 6) is 0.503. The molecular formula is C30H32N6O4. The lowest BCUT2D eigenvalue weighted by Gasteiger charge is -2.37. The first-order valence-corrected chi connectivity index (χ1v) is 13.2. The molecule has 0 saturated carbocycles. The molecule has 3 aromatic heterocycles. The summed E-state index contributed by atoms with van der Waals surface area (Å²) in [6, 6.07) is 17.2. The molecule has 5 rings (SSSR count). The Kier molecular flexibility index (Phi) is 8.36. The summed E-state index contributed by atoms with van der Waals surface area (Å²) in [6.45, 7) is 4.11. The van der Waals surface area contributed by atoms with E-state index in [1.54, 1.807) is 37.3 Å². The topological polar surface area (TPSA) is 114 Å². The summed E-state index contributed by atoms with van der Waals surface area (Å²) in [7, 11) is 3.19. The molecule has 1 aliphatic rings. The lowest BCUT2D eigenvalue weighted by Crippen LogP contribution is -2.50. The number of piperazine rings is 1. The molecular weight excluding hydrogens is 508 g/mol. The zero-order valence-corrected chi connectivity index (χ0v) is 22.8. The first-order chi connectivity index (χ1) is 19.5. The monoisotopic (exact) mass is 540 g/mol. The van der Waals surface area contributed by atoms with Gasteiger partial charge in [-0.15, -0.1) is 0 Å². The third-order valence-corrected chi connectivity index (χ3v) is 7.12. The Hall–Kier alpha value is -4.30. The van der Waals surface area contributed by atoms with E-state index in [0.717, 1.165) is 22.4 Å². The molecule has 0 radical (unpaired) electrons. The van der Waals surface area contributed by atoms with Crippen molar-refractivity contribution in [3.8, 4) is 22.9 Å². The van der Waals surface area contributed by atoms with Gasteiger partial charge in [0.15, 0.2) is 6.10 Å². The third kappa shape index (κ3) is 5.53. The van der Waals surface area contributed by atoms with Gasteiger partial charge in [-0.25, -0.2) is 4.52 Å². The summed E-state index contributed by atoms with van der Waals surface area (Å²) in [6.07, 6.45) is 4.28. The van der Waals surface area contributed by atoms with Crippen LogP contribution in [0.4, 0.5) is 0 Å². The maximum atomic E-state index is 13.6. The zero-order chi connectivity index (χ0) is 28.1. The molecule has 1 saturated heterocycles. The average Bonchev–Trinajstić information content (AvgIpc) is 3.43. The number of methoxy groups -OCH3 is 2. The van der Waals surface area contributed by atoms with Gasteiger partial charge < -0.3 is 24.4 Å². The van der Waals surface area contributed by atoms with Gasteiger partial charge in [0.1, 0.15) is 18.4 Å². The predicted octanol–water partition coefficient (Wildman–Crippen LogP) is 3.54.